The van der Waals surface area contributed by atoms with Gasteiger partial charge in [-0.05, 0) is 50.9 Å². The van der Waals surface area contributed by atoms with Crippen LogP contribution >= 0.6 is 22.6 Å². The normalized spacial score (nSPS) is 11.6. The fourth-order valence-electron chi connectivity index (χ4n) is 1.46. The monoisotopic (exact) mass is 400 g/mol. The molecule has 0 atom stereocenters. The van der Waals surface area contributed by atoms with Gasteiger partial charge in [0.25, 0.3) is 0 Å². The summed E-state index contributed by atoms with van der Waals surface area (Å²) >= 11 is 2.38. The molecular formula is C15H29IO4. The number of carbonyl (C=O) groups is 1. The number of esters is 1. The molecule has 0 radical (unpaired) electrons. The third-order valence-electron chi connectivity index (χ3n) is 2.37. The van der Waals surface area contributed by atoms with E-state index in [0.717, 1.165) is 32.5 Å². The molecule has 0 aliphatic heterocycles. The molecule has 4 nitrogen and oxygen atoms in total. The van der Waals surface area contributed by atoms with Crippen LogP contribution in [0.4, 0.5) is 0 Å². The Morgan fingerprint density at radius 1 is 0.900 bits per heavy atom. The lowest BCUT2D eigenvalue weighted by molar-refractivity contribution is -0.156. The lowest BCUT2D eigenvalue weighted by Gasteiger charge is -2.19. The number of carbonyl (C=O) groups excluding carboxylic acids is 1. The lowest BCUT2D eigenvalue weighted by Crippen LogP contribution is -2.24. The minimum atomic E-state index is -0.411. The summed E-state index contributed by atoms with van der Waals surface area (Å²) in [5.74, 6) is -0.198. The van der Waals surface area contributed by atoms with Gasteiger partial charge in [-0.3, -0.25) is 4.79 Å². The van der Waals surface area contributed by atoms with E-state index in [1.807, 2.05) is 20.8 Å². The number of ether oxygens (including phenoxy) is 3. The van der Waals surface area contributed by atoms with E-state index in [4.69, 9.17) is 14.2 Å². The molecule has 120 valence electrons. The highest BCUT2D eigenvalue weighted by Gasteiger charge is 2.15. The van der Waals surface area contributed by atoms with Crippen LogP contribution in [0.15, 0.2) is 0 Å². The topological polar surface area (TPSA) is 44.8 Å². The quantitative estimate of drug-likeness (QED) is 0.217. The molecule has 0 unspecified atom stereocenters. The van der Waals surface area contributed by atoms with Crippen molar-refractivity contribution in [3.05, 3.63) is 0 Å². The highest BCUT2D eigenvalue weighted by atomic mass is 127. The molecule has 0 N–H and O–H groups in total. The first-order valence-corrected chi connectivity index (χ1v) is 8.91. The van der Waals surface area contributed by atoms with E-state index in [1.165, 1.54) is 10.8 Å². The third-order valence-corrected chi connectivity index (χ3v) is 3.13. The summed E-state index contributed by atoms with van der Waals surface area (Å²) in [6.07, 6.45) is 4.69. The Labute approximate surface area is 137 Å². The van der Waals surface area contributed by atoms with Gasteiger partial charge in [-0.1, -0.05) is 22.6 Å². The van der Waals surface area contributed by atoms with Crippen LogP contribution in [-0.4, -0.2) is 42.4 Å². The van der Waals surface area contributed by atoms with E-state index in [2.05, 4.69) is 22.6 Å². The first-order valence-electron chi connectivity index (χ1n) is 7.39. The Morgan fingerprint density at radius 3 is 1.90 bits per heavy atom. The molecule has 0 amide bonds. The van der Waals surface area contributed by atoms with Crippen molar-refractivity contribution in [2.45, 2.75) is 58.5 Å². The van der Waals surface area contributed by atoms with Gasteiger partial charge in [-0.25, -0.2) is 0 Å². The number of rotatable bonds is 12. The van der Waals surface area contributed by atoms with E-state index >= 15 is 0 Å². The first kappa shape index (κ1) is 20.1. The largest absolute Gasteiger partial charge is 0.460 e. The highest BCUT2D eigenvalue weighted by Crippen LogP contribution is 2.08. The van der Waals surface area contributed by atoms with Crippen LogP contribution in [0.1, 0.15) is 52.9 Å². The molecule has 20 heavy (non-hydrogen) atoms. The van der Waals surface area contributed by atoms with Crippen molar-refractivity contribution < 1.29 is 19.0 Å². The Kier molecular flexibility index (Phi) is 12.9. The third kappa shape index (κ3) is 16.2. The second-order valence-corrected chi connectivity index (χ2v) is 6.74. The van der Waals surface area contributed by atoms with Crippen molar-refractivity contribution in [2.24, 2.45) is 0 Å². The van der Waals surface area contributed by atoms with Crippen molar-refractivity contribution in [3.8, 4) is 0 Å². The molecule has 0 aromatic carbocycles. The summed E-state index contributed by atoms with van der Waals surface area (Å²) in [6, 6.07) is 0. The van der Waals surface area contributed by atoms with Crippen LogP contribution < -0.4 is 0 Å². The first-order chi connectivity index (χ1) is 9.45. The predicted molar refractivity (Wildman–Crippen MR) is 89.5 cm³/mol. The van der Waals surface area contributed by atoms with Gasteiger partial charge >= 0.3 is 5.97 Å². The average molecular weight is 400 g/mol. The van der Waals surface area contributed by atoms with Gasteiger partial charge in [0.15, 0.2) is 0 Å². The number of unbranched alkanes of at least 4 members (excludes halogenated alkanes) is 2. The van der Waals surface area contributed by atoms with Crippen molar-refractivity contribution in [2.75, 3.05) is 30.9 Å². The Balaban J connectivity index is 3.19. The van der Waals surface area contributed by atoms with Crippen molar-refractivity contribution in [1.82, 2.24) is 0 Å². The summed E-state index contributed by atoms with van der Waals surface area (Å²) in [6.45, 7) is 8.38. The molecule has 0 heterocycles. The fourth-order valence-corrected chi connectivity index (χ4v) is 2.00. The standard InChI is InChI=1S/C15H29IO4/c1-15(2,3)20-14(17)8-13-19-12-7-6-11-18-10-5-4-9-16/h4-13H2,1-3H3. The number of alkyl halides is 1. The van der Waals surface area contributed by atoms with Crippen molar-refractivity contribution >= 4 is 28.6 Å². The fraction of sp³-hybridized carbons (Fsp3) is 0.933. The van der Waals surface area contributed by atoms with E-state index < -0.39 is 5.60 Å². The SMILES string of the molecule is CC(C)(C)OC(=O)CCOCCCCOCCCCI. The second-order valence-electron chi connectivity index (χ2n) is 5.66. The average Bonchev–Trinajstić information content (AvgIpc) is 2.34. The van der Waals surface area contributed by atoms with Crippen LogP contribution in [-0.2, 0) is 19.0 Å². The van der Waals surface area contributed by atoms with Gasteiger partial charge < -0.3 is 14.2 Å². The smallest absolute Gasteiger partial charge is 0.308 e. The maximum Gasteiger partial charge on any atom is 0.308 e. The lowest BCUT2D eigenvalue weighted by atomic mass is 10.2. The van der Waals surface area contributed by atoms with E-state index in [1.54, 1.807) is 0 Å². The summed E-state index contributed by atoms with van der Waals surface area (Å²) in [5, 5.41) is 0. The molecule has 0 saturated carbocycles. The second kappa shape index (κ2) is 12.8. The van der Waals surface area contributed by atoms with Crippen LogP contribution in [0.2, 0.25) is 0 Å². The molecule has 0 aliphatic carbocycles. The molecule has 5 heteroatoms. The van der Waals surface area contributed by atoms with Gasteiger partial charge in [0.2, 0.25) is 0 Å². The number of hydrogen-bond donors (Lipinski definition) is 0. The Bertz CT molecular complexity index is 239. The summed E-state index contributed by atoms with van der Waals surface area (Å²) < 4.78 is 17.3. The van der Waals surface area contributed by atoms with Gasteiger partial charge in [-0.15, -0.1) is 0 Å². The molecule has 0 spiro atoms. The highest BCUT2D eigenvalue weighted by molar-refractivity contribution is 14.1. The molecule has 0 saturated heterocycles. The van der Waals surface area contributed by atoms with Crippen LogP contribution in [0.3, 0.4) is 0 Å². The predicted octanol–water partition coefficient (Wildman–Crippen LogP) is 3.75. The van der Waals surface area contributed by atoms with Crippen LogP contribution in [0.25, 0.3) is 0 Å². The minimum Gasteiger partial charge on any atom is -0.460 e. The van der Waals surface area contributed by atoms with Crippen LogP contribution in [0.5, 0.6) is 0 Å². The molecule has 0 rings (SSSR count). The van der Waals surface area contributed by atoms with Crippen molar-refractivity contribution in [3.63, 3.8) is 0 Å². The molecule has 0 bridgehead atoms. The molecule has 0 fully saturated rings. The van der Waals surface area contributed by atoms with Gasteiger partial charge in [0, 0.05) is 19.8 Å². The molecule has 0 aromatic rings. The zero-order valence-electron chi connectivity index (χ0n) is 13.1. The summed E-state index contributed by atoms with van der Waals surface area (Å²) in [7, 11) is 0. The molecule has 0 aliphatic rings. The molecule has 0 aromatic heterocycles. The van der Waals surface area contributed by atoms with Crippen molar-refractivity contribution in [1.29, 1.82) is 0 Å². The van der Waals surface area contributed by atoms with Gasteiger partial charge in [-0.2, -0.15) is 0 Å². The maximum absolute atomic E-state index is 11.4. The summed E-state index contributed by atoms with van der Waals surface area (Å²) in [5.41, 5.74) is -0.411. The Hall–Kier alpha value is 0.120. The number of hydrogen-bond acceptors (Lipinski definition) is 4. The summed E-state index contributed by atoms with van der Waals surface area (Å²) in [4.78, 5) is 11.4. The maximum atomic E-state index is 11.4. The molecular weight excluding hydrogens is 371 g/mol. The zero-order chi connectivity index (χ0) is 15.3. The van der Waals surface area contributed by atoms with E-state index in [-0.39, 0.29) is 5.97 Å². The zero-order valence-corrected chi connectivity index (χ0v) is 15.2. The minimum absolute atomic E-state index is 0.198. The number of halogens is 1. The Morgan fingerprint density at radius 2 is 1.40 bits per heavy atom. The van der Waals surface area contributed by atoms with E-state index in [0.29, 0.717) is 19.6 Å². The van der Waals surface area contributed by atoms with E-state index in [9.17, 15) is 4.79 Å². The van der Waals surface area contributed by atoms with Gasteiger partial charge in [0.1, 0.15) is 5.60 Å². The van der Waals surface area contributed by atoms with Gasteiger partial charge in [0.05, 0.1) is 13.0 Å². The van der Waals surface area contributed by atoms with Crippen LogP contribution in [0, 0.1) is 0 Å².